The highest BCUT2D eigenvalue weighted by molar-refractivity contribution is 5.00. The molecule has 1 fully saturated rings. The molecule has 3 N–H and O–H groups in total. The van der Waals surface area contributed by atoms with Crippen LogP contribution in [0.1, 0.15) is 5.76 Å². The van der Waals surface area contributed by atoms with Gasteiger partial charge in [-0.15, -0.1) is 0 Å². The maximum atomic E-state index is 5.24. The van der Waals surface area contributed by atoms with Crippen molar-refractivity contribution in [1.82, 2.24) is 16.0 Å². The summed E-state index contributed by atoms with van der Waals surface area (Å²) in [5.41, 5.74) is 0. The van der Waals surface area contributed by atoms with Crippen molar-refractivity contribution >= 4 is 0 Å². The van der Waals surface area contributed by atoms with Crippen molar-refractivity contribution in [1.29, 1.82) is 0 Å². The second kappa shape index (κ2) is 3.71. The van der Waals surface area contributed by atoms with E-state index in [9.17, 15) is 0 Å². The van der Waals surface area contributed by atoms with Gasteiger partial charge in [0.2, 0.25) is 0 Å². The predicted molar refractivity (Wildman–Crippen MR) is 45.3 cm³/mol. The van der Waals surface area contributed by atoms with Crippen molar-refractivity contribution in [3.8, 4) is 0 Å². The number of furan rings is 1. The van der Waals surface area contributed by atoms with Crippen LogP contribution in [0.15, 0.2) is 22.8 Å². The molecule has 0 unspecified atom stereocenters. The molecule has 4 heteroatoms. The van der Waals surface area contributed by atoms with Crippen molar-refractivity contribution < 1.29 is 4.42 Å². The zero-order chi connectivity index (χ0) is 8.23. The fraction of sp³-hybridized carbons (Fsp3) is 0.500. The number of nitrogens with one attached hydrogen (secondary N) is 3. The van der Waals surface area contributed by atoms with Crippen LogP contribution in [0.3, 0.4) is 0 Å². The number of hydrogen-bond donors (Lipinski definition) is 3. The number of hydrogen-bond acceptors (Lipinski definition) is 4. The highest BCUT2D eigenvalue weighted by Crippen LogP contribution is 2.02. The largest absolute Gasteiger partial charge is 0.469 e. The summed E-state index contributed by atoms with van der Waals surface area (Å²) in [5, 5.41) is 9.69. The standard InChI is InChI=1S/C8H13N3O/c1-2-7(12-3-1)4-8-10-5-9-6-11-8/h1-3,8-11H,4-6H2. The van der Waals surface area contributed by atoms with Gasteiger partial charge >= 0.3 is 0 Å². The summed E-state index contributed by atoms with van der Waals surface area (Å²) < 4.78 is 5.24. The Balaban J connectivity index is 1.86. The third-order valence-corrected chi connectivity index (χ3v) is 1.93. The van der Waals surface area contributed by atoms with Crippen LogP contribution < -0.4 is 16.0 Å². The summed E-state index contributed by atoms with van der Waals surface area (Å²) in [7, 11) is 0. The average molecular weight is 167 g/mol. The Labute approximate surface area is 71.3 Å². The van der Waals surface area contributed by atoms with Crippen molar-refractivity contribution in [3.63, 3.8) is 0 Å². The molecule has 1 aliphatic heterocycles. The first kappa shape index (κ1) is 7.79. The lowest BCUT2D eigenvalue weighted by molar-refractivity contribution is 0.319. The van der Waals surface area contributed by atoms with Crippen LogP contribution in [0.2, 0.25) is 0 Å². The minimum absolute atomic E-state index is 0.331. The molecule has 0 bridgehead atoms. The Hall–Kier alpha value is -0.840. The SMILES string of the molecule is c1coc(CC2NCNCN2)c1. The molecule has 4 nitrogen and oxygen atoms in total. The lowest BCUT2D eigenvalue weighted by Gasteiger charge is -2.25. The molecule has 1 saturated heterocycles. The summed E-state index contributed by atoms with van der Waals surface area (Å²) in [6.07, 6.45) is 2.93. The molecule has 2 heterocycles. The van der Waals surface area contributed by atoms with Crippen LogP contribution in [-0.2, 0) is 6.42 Å². The van der Waals surface area contributed by atoms with E-state index in [1.165, 1.54) is 0 Å². The van der Waals surface area contributed by atoms with Crippen molar-refractivity contribution in [3.05, 3.63) is 24.2 Å². The summed E-state index contributed by atoms with van der Waals surface area (Å²) in [6, 6.07) is 3.90. The van der Waals surface area contributed by atoms with E-state index >= 15 is 0 Å². The van der Waals surface area contributed by atoms with Crippen molar-refractivity contribution in [2.24, 2.45) is 0 Å². The van der Waals surface area contributed by atoms with Gasteiger partial charge in [-0.2, -0.15) is 0 Å². The van der Waals surface area contributed by atoms with Crippen LogP contribution in [0.5, 0.6) is 0 Å². The molecular formula is C8H13N3O. The Kier molecular flexibility index (Phi) is 2.41. The van der Waals surface area contributed by atoms with Gasteiger partial charge in [0, 0.05) is 19.8 Å². The first-order valence-electron chi connectivity index (χ1n) is 4.15. The molecular weight excluding hydrogens is 154 g/mol. The first-order chi connectivity index (χ1) is 5.95. The van der Waals surface area contributed by atoms with Gasteiger partial charge < -0.3 is 4.42 Å². The summed E-state index contributed by atoms with van der Waals surface area (Å²) in [6.45, 7) is 1.72. The maximum Gasteiger partial charge on any atom is 0.106 e. The highest BCUT2D eigenvalue weighted by atomic mass is 16.3. The smallest absolute Gasteiger partial charge is 0.106 e. The topological polar surface area (TPSA) is 49.2 Å². The third kappa shape index (κ3) is 1.85. The van der Waals surface area contributed by atoms with Crippen LogP contribution in [-0.4, -0.2) is 19.5 Å². The predicted octanol–water partition coefficient (Wildman–Crippen LogP) is -0.154. The molecule has 0 radical (unpaired) electrons. The zero-order valence-electron chi connectivity index (χ0n) is 6.84. The van der Waals surface area contributed by atoms with Crippen LogP contribution >= 0.6 is 0 Å². The van der Waals surface area contributed by atoms with Gasteiger partial charge in [0.05, 0.1) is 12.4 Å². The molecule has 0 aromatic carbocycles. The van der Waals surface area contributed by atoms with Crippen molar-refractivity contribution in [2.45, 2.75) is 12.6 Å². The summed E-state index contributed by atoms with van der Waals surface area (Å²) in [5.74, 6) is 1.02. The normalized spacial score (nSPS) is 19.7. The molecule has 1 aliphatic rings. The van der Waals surface area contributed by atoms with Gasteiger partial charge in [0.15, 0.2) is 0 Å². The van der Waals surface area contributed by atoms with E-state index in [1.807, 2.05) is 12.1 Å². The molecule has 0 saturated carbocycles. The Bertz CT molecular complexity index is 216. The zero-order valence-corrected chi connectivity index (χ0v) is 6.84. The van der Waals surface area contributed by atoms with Crippen LogP contribution in [0.4, 0.5) is 0 Å². The molecule has 2 rings (SSSR count). The Morgan fingerprint density at radius 3 is 2.92 bits per heavy atom. The van der Waals surface area contributed by atoms with E-state index in [0.29, 0.717) is 6.17 Å². The number of rotatable bonds is 2. The molecule has 12 heavy (non-hydrogen) atoms. The highest BCUT2D eigenvalue weighted by Gasteiger charge is 2.12. The molecule has 1 aromatic heterocycles. The Morgan fingerprint density at radius 1 is 1.42 bits per heavy atom. The quantitative estimate of drug-likeness (QED) is 0.573. The van der Waals surface area contributed by atoms with Gasteiger partial charge in [-0.1, -0.05) is 0 Å². The van der Waals surface area contributed by atoms with Gasteiger partial charge in [-0.25, -0.2) is 0 Å². The Morgan fingerprint density at radius 2 is 2.25 bits per heavy atom. The lowest BCUT2D eigenvalue weighted by Crippen LogP contribution is -2.56. The first-order valence-corrected chi connectivity index (χ1v) is 4.15. The summed E-state index contributed by atoms with van der Waals surface area (Å²) >= 11 is 0. The molecule has 66 valence electrons. The molecule has 0 aliphatic carbocycles. The van der Waals surface area contributed by atoms with Crippen LogP contribution in [0.25, 0.3) is 0 Å². The monoisotopic (exact) mass is 167 g/mol. The van der Waals surface area contributed by atoms with E-state index in [0.717, 1.165) is 25.5 Å². The summed E-state index contributed by atoms with van der Waals surface area (Å²) in [4.78, 5) is 0. The third-order valence-electron chi connectivity index (χ3n) is 1.93. The van der Waals surface area contributed by atoms with E-state index in [2.05, 4.69) is 16.0 Å². The van der Waals surface area contributed by atoms with E-state index in [1.54, 1.807) is 6.26 Å². The lowest BCUT2D eigenvalue weighted by atomic mass is 10.2. The van der Waals surface area contributed by atoms with Gasteiger partial charge in [-0.05, 0) is 12.1 Å². The molecule has 0 amide bonds. The fourth-order valence-electron chi connectivity index (χ4n) is 1.30. The van der Waals surface area contributed by atoms with Gasteiger partial charge in [-0.3, -0.25) is 16.0 Å². The molecule has 0 spiro atoms. The maximum absolute atomic E-state index is 5.24. The fourth-order valence-corrected chi connectivity index (χ4v) is 1.30. The molecule has 0 atom stereocenters. The van der Waals surface area contributed by atoms with Gasteiger partial charge in [0.25, 0.3) is 0 Å². The van der Waals surface area contributed by atoms with E-state index < -0.39 is 0 Å². The van der Waals surface area contributed by atoms with E-state index in [4.69, 9.17) is 4.42 Å². The minimum atomic E-state index is 0.331. The average Bonchev–Trinajstić information content (AvgIpc) is 2.59. The second-order valence-corrected chi connectivity index (χ2v) is 2.85. The molecule has 1 aromatic rings. The van der Waals surface area contributed by atoms with Gasteiger partial charge in [0.1, 0.15) is 5.76 Å². The van der Waals surface area contributed by atoms with Crippen molar-refractivity contribution in [2.75, 3.05) is 13.3 Å². The van der Waals surface area contributed by atoms with Crippen LogP contribution in [0, 0.1) is 0 Å². The second-order valence-electron chi connectivity index (χ2n) is 2.85. The van der Waals surface area contributed by atoms with E-state index in [-0.39, 0.29) is 0 Å². The minimum Gasteiger partial charge on any atom is -0.469 e.